The molecular weight excluding hydrogens is 396 g/mol. The number of hydrogen-bond donors (Lipinski definition) is 0. The van der Waals surface area contributed by atoms with Crippen molar-refractivity contribution in [2.45, 2.75) is 25.7 Å². The van der Waals surface area contributed by atoms with E-state index < -0.39 is 0 Å². The highest BCUT2D eigenvalue weighted by molar-refractivity contribution is 5.78. The van der Waals surface area contributed by atoms with Crippen molar-refractivity contribution in [3.63, 3.8) is 0 Å². The first-order chi connectivity index (χ1) is 15.3. The largest absolute Gasteiger partial charge is 0.379 e. The van der Waals surface area contributed by atoms with Crippen LogP contribution in [0.15, 0.2) is 0 Å². The molecule has 4 aliphatic heterocycles. The number of piperazine rings is 1. The standard InChI is InChI=1S/C21H34N8O2/c30-18(17-25-13-15-31-16-14-25)26-9-11-29(12-10-26)21-23-19(27-5-1-2-6-27)22-20(24-21)28-7-3-4-8-28/h1-17H2. The van der Waals surface area contributed by atoms with Crippen molar-refractivity contribution in [2.75, 3.05) is 99.9 Å². The van der Waals surface area contributed by atoms with Crippen molar-refractivity contribution in [2.24, 2.45) is 0 Å². The van der Waals surface area contributed by atoms with Crippen LogP contribution in [0.5, 0.6) is 0 Å². The second kappa shape index (κ2) is 9.52. The monoisotopic (exact) mass is 430 g/mol. The lowest BCUT2D eigenvalue weighted by atomic mass is 10.3. The number of carbonyl (C=O) groups excluding carboxylic acids is 1. The van der Waals surface area contributed by atoms with Gasteiger partial charge in [0.15, 0.2) is 0 Å². The first kappa shape index (κ1) is 20.7. The molecule has 4 fully saturated rings. The van der Waals surface area contributed by atoms with Gasteiger partial charge in [0.05, 0.1) is 19.8 Å². The predicted octanol–water partition coefficient (Wildman–Crippen LogP) is 0.0528. The van der Waals surface area contributed by atoms with E-state index in [0.29, 0.717) is 19.6 Å². The first-order valence-corrected chi connectivity index (χ1v) is 11.8. The van der Waals surface area contributed by atoms with Crippen molar-refractivity contribution in [1.29, 1.82) is 0 Å². The summed E-state index contributed by atoms with van der Waals surface area (Å²) in [7, 11) is 0. The number of carbonyl (C=O) groups is 1. The van der Waals surface area contributed by atoms with Crippen LogP contribution in [-0.2, 0) is 9.53 Å². The van der Waals surface area contributed by atoms with Crippen LogP contribution in [0.25, 0.3) is 0 Å². The van der Waals surface area contributed by atoms with Crippen molar-refractivity contribution in [1.82, 2.24) is 24.8 Å². The highest BCUT2D eigenvalue weighted by Gasteiger charge is 2.27. The molecule has 0 bridgehead atoms. The Balaban J connectivity index is 1.25. The maximum Gasteiger partial charge on any atom is 0.236 e. The third-order valence-electron chi connectivity index (χ3n) is 6.76. The molecule has 4 saturated heterocycles. The molecule has 4 aliphatic rings. The molecule has 5 rings (SSSR count). The lowest BCUT2D eigenvalue weighted by Gasteiger charge is -2.36. The Bertz CT molecular complexity index is 717. The number of anilines is 3. The van der Waals surface area contributed by atoms with Crippen LogP contribution in [0.4, 0.5) is 17.8 Å². The van der Waals surface area contributed by atoms with E-state index in [9.17, 15) is 4.79 Å². The number of amides is 1. The fourth-order valence-corrected chi connectivity index (χ4v) is 4.81. The molecule has 10 heteroatoms. The van der Waals surface area contributed by atoms with Crippen LogP contribution in [0.1, 0.15) is 25.7 Å². The second-order valence-electron chi connectivity index (χ2n) is 8.88. The SMILES string of the molecule is O=C(CN1CCOCC1)N1CCN(c2nc(N3CCCC3)nc(N3CCCC3)n2)CC1. The van der Waals surface area contributed by atoms with Crippen molar-refractivity contribution in [3.8, 4) is 0 Å². The van der Waals surface area contributed by atoms with Gasteiger partial charge >= 0.3 is 0 Å². The first-order valence-electron chi connectivity index (χ1n) is 11.8. The molecular formula is C21H34N8O2. The summed E-state index contributed by atoms with van der Waals surface area (Å²) in [6.07, 6.45) is 4.79. The van der Waals surface area contributed by atoms with Gasteiger partial charge in [-0.2, -0.15) is 15.0 Å². The van der Waals surface area contributed by atoms with Gasteiger partial charge in [0.1, 0.15) is 0 Å². The summed E-state index contributed by atoms with van der Waals surface area (Å²) in [6, 6.07) is 0. The van der Waals surface area contributed by atoms with E-state index in [4.69, 9.17) is 19.7 Å². The molecule has 0 unspecified atom stereocenters. The van der Waals surface area contributed by atoms with E-state index in [-0.39, 0.29) is 5.91 Å². The van der Waals surface area contributed by atoms with Gasteiger partial charge in [-0.05, 0) is 25.7 Å². The average molecular weight is 431 g/mol. The molecule has 0 aliphatic carbocycles. The summed E-state index contributed by atoms with van der Waals surface area (Å²) < 4.78 is 5.38. The van der Waals surface area contributed by atoms with Crippen LogP contribution >= 0.6 is 0 Å². The summed E-state index contributed by atoms with van der Waals surface area (Å²) in [5.74, 6) is 2.61. The number of morpholine rings is 1. The topological polar surface area (TPSA) is 81.2 Å². The number of aromatic nitrogens is 3. The van der Waals surface area contributed by atoms with E-state index in [1.165, 1.54) is 25.7 Å². The molecule has 1 amide bonds. The number of ether oxygens (including phenoxy) is 1. The average Bonchev–Trinajstić information content (AvgIpc) is 3.54. The van der Waals surface area contributed by atoms with Crippen LogP contribution in [0.2, 0.25) is 0 Å². The Morgan fingerprint density at radius 2 is 1.10 bits per heavy atom. The molecule has 0 spiro atoms. The van der Waals surface area contributed by atoms with Gasteiger partial charge in [0.2, 0.25) is 23.8 Å². The number of nitrogens with zero attached hydrogens (tertiary/aromatic N) is 8. The normalized spacial score (nSPS) is 23.1. The highest BCUT2D eigenvalue weighted by Crippen LogP contribution is 2.24. The Morgan fingerprint density at radius 3 is 1.58 bits per heavy atom. The predicted molar refractivity (Wildman–Crippen MR) is 119 cm³/mol. The third kappa shape index (κ3) is 4.85. The molecule has 0 aromatic carbocycles. The van der Waals surface area contributed by atoms with E-state index in [2.05, 4.69) is 19.6 Å². The van der Waals surface area contributed by atoms with E-state index in [0.717, 1.165) is 83.4 Å². The minimum absolute atomic E-state index is 0.215. The van der Waals surface area contributed by atoms with E-state index in [1.807, 2.05) is 4.90 Å². The fraction of sp³-hybridized carbons (Fsp3) is 0.810. The van der Waals surface area contributed by atoms with Gasteiger partial charge in [-0.15, -0.1) is 0 Å². The van der Waals surface area contributed by atoms with Crippen molar-refractivity contribution in [3.05, 3.63) is 0 Å². The van der Waals surface area contributed by atoms with Crippen LogP contribution in [0.3, 0.4) is 0 Å². The number of rotatable bonds is 5. The summed E-state index contributed by atoms with van der Waals surface area (Å²) in [4.78, 5) is 38.2. The lowest BCUT2D eigenvalue weighted by molar-refractivity contribution is -0.133. The minimum Gasteiger partial charge on any atom is -0.379 e. The Morgan fingerprint density at radius 1 is 0.645 bits per heavy atom. The zero-order valence-electron chi connectivity index (χ0n) is 18.4. The van der Waals surface area contributed by atoms with Gasteiger partial charge in [-0.1, -0.05) is 0 Å². The zero-order chi connectivity index (χ0) is 21.0. The molecule has 31 heavy (non-hydrogen) atoms. The van der Waals surface area contributed by atoms with Gasteiger partial charge < -0.3 is 24.3 Å². The second-order valence-corrected chi connectivity index (χ2v) is 8.88. The van der Waals surface area contributed by atoms with E-state index >= 15 is 0 Å². The van der Waals surface area contributed by atoms with Crippen LogP contribution < -0.4 is 14.7 Å². The van der Waals surface area contributed by atoms with Crippen molar-refractivity contribution >= 4 is 23.8 Å². The Hall–Kier alpha value is -2.20. The van der Waals surface area contributed by atoms with Gasteiger partial charge in [-0.3, -0.25) is 9.69 Å². The summed E-state index contributed by atoms with van der Waals surface area (Å²) in [5, 5.41) is 0. The molecule has 0 saturated carbocycles. The smallest absolute Gasteiger partial charge is 0.236 e. The van der Waals surface area contributed by atoms with Crippen molar-refractivity contribution < 1.29 is 9.53 Å². The molecule has 170 valence electrons. The molecule has 1 aromatic heterocycles. The Kier molecular flexibility index (Phi) is 6.35. The fourth-order valence-electron chi connectivity index (χ4n) is 4.81. The molecule has 0 atom stereocenters. The maximum absolute atomic E-state index is 12.7. The van der Waals surface area contributed by atoms with Gasteiger partial charge in [0.25, 0.3) is 0 Å². The summed E-state index contributed by atoms with van der Waals surface area (Å²) in [6.45, 7) is 10.7. The minimum atomic E-state index is 0.215. The van der Waals surface area contributed by atoms with E-state index in [1.54, 1.807) is 0 Å². The summed E-state index contributed by atoms with van der Waals surface area (Å²) >= 11 is 0. The molecule has 10 nitrogen and oxygen atoms in total. The Labute approximate surface area is 184 Å². The zero-order valence-corrected chi connectivity index (χ0v) is 18.4. The van der Waals surface area contributed by atoms with Crippen LogP contribution in [-0.4, -0.2) is 116 Å². The maximum atomic E-state index is 12.7. The van der Waals surface area contributed by atoms with Gasteiger partial charge in [-0.25, -0.2) is 0 Å². The molecule has 0 N–H and O–H groups in total. The third-order valence-corrected chi connectivity index (χ3v) is 6.76. The number of hydrogen-bond acceptors (Lipinski definition) is 9. The van der Waals surface area contributed by atoms with Gasteiger partial charge in [0, 0.05) is 65.4 Å². The molecule has 0 radical (unpaired) electrons. The molecule has 5 heterocycles. The highest BCUT2D eigenvalue weighted by atomic mass is 16.5. The summed E-state index contributed by atoms with van der Waals surface area (Å²) in [5.41, 5.74) is 0. The molecule has 1 aromatic rings. The lowest BCUT2D eigenvalue weighted by Crippen LogP contribution is -2.52. The van der Waals surface area contributed by atoms with Crippen LogP contribution in [0, 0.1) is 0 Å². The quantitative estimate of drug-likeness (QED) is 0.644.